The Hall–Kier alpha value is -1.78. The number of benzene rings is 1. The molecule has 0 aliphatic heterocycles. The summed E-state index contributed by atoms with van der Waals surface area (Å²) >= 11 is 0. The molecule has 0 bridgehead atoms. The average Bonchev–Trinajstić information content (AvgIpc) is 2.37. The van der Waals surface area contributed by atoms with Crippen molar-refractivity contribution in [1.82, 2.24) is 0 Å². The number of rotatable bonds is 7. The van der Waals surface area contributed by atoms with Crippen molar-refractivity contribution in [3.05, 3.63) is 23.8 Å². The number of primary sulfonamides is 1. The van der Waals surface area contributed by atoms with Crippen LogP contribution in [-0.4, -0.2) is 27.9 Å². The molecule has 0 atom stereocenters. The number of methoxy groups -OCH3 is 1. The third-order valence-corrected chi connectivity index (χ3v) is 3.23. The summed E-state index contributed by atoms with van der Waals surface area (Å²) in [4.78, 5) is 0. The smallest absolute Gasteiger partial charge is 0.209 e. The molecule has 1 aromatic carbocycles. The second kappa shape index (κ2) is 6.97. The first kappa shape index (κ1) is 15.3. The van der Waals surface area contributed by atoms with Gasteiger partial charge in [-0.05, 0) is 25.0 Å². The first-order chi connectivity index (χ1) is 8.96. The van der Waals surface area contributed by atoms with Crippen molar-refractivity contribution in [3.63, 3.8) is 0 Å². The van der Waals surface area contributed by atoms with Gasteiger partial charge in [0, 0.05) is 6.07 Å². The highest BCUT2D eigenvalue weighted by molar-refractivity contribution is 7.89. The summed E-state index contributed by atoms with van der Waals surface area (Å²) in [5.41, 5.74) is 0.485. The van der Waals surface area contributed by atoms with Gasteiger partial charge < -0.3 is 9.47 Å². The zero-order valence-corrected chi connectivity index (χ0v) is 11.4. The number of nitrogens with two attached hydrogens (primary N) is 1. The predicted molar refractivity (Wildman–Crippen MR) is 70.4 cm³/mol. The normalized spacial score (nSPS) is 10.8. The highest BCUT2D eigenvalue weighted by Crippen LogP contribution is 2.27. The molecular weight excluding hydrogens is 268 g/mol. The minimum atomic E-state index is -3.41. The van der Waals surface area contributed by atoms with Crippen LogP contribution >= 0.6 is 0 Å². The molecule has 0 fully saturated rings. The molecule has 0 unspecified atom stereocenters. The van der Waals surface area contributed by atoms with Gasteiger partial charge in [-0.3, -0.25) is 0 Å². The summed E-state index contributed by atoms with van der Waals surface area (Å²) in [6.45, 7) is 0.359. The van der Waals surface area contributed by atoms with E-state index >= 15 is 0 Å². The van der Waals surface area contributed by atoms with E-state index in [1.807, 2.05) is 6.07 Å². The highest BCUT2D eigenvalue weighted by Gasteiger charge is 2.06. The summed E-state index contributed by atoms with van der Waals surface area (Å²) in [6.07, 6.45) is 1.01. The average molecular weight is 284 g/mol. The molecule has 7 heteroatoms. The molecule has 2 N–H and O–H groups in total. The lowest BCUT2D eigenvalue weighted by Gasteiger charge is -2.10. The summed E-state index contributed by atoms with van der Waals surface area (Å²) < 4.78 is 32.0. The molecule has 1 aromatic rings. The molecule has 0 saturated heterocycles. The molecular formula is C12H16N2O4S. The molecule has 0 saturated carbocycles. The topological polar surface area (TPSA) is 102 Å². The maximum Gasteiger partial charge on any atom is 0.209 e. The minimum Gasteiger partial charge on any atom is -0.493 e. The van der Waals surface area contributed by atoms with Crippen molar-refractivity contribution in [3.8, 4) is 17.6 Å². The molecule has 1 rings (SSSR count). The molecule has 0 heterocycles. The minimum absolute atomic E-state index is 0.0547. The van der Waals surface area contributed by atoms with Gasteiger partial charge in [-0.2, -0.15) is 5.26 Å². The van der Waals surface area contributed by atoms with E-state index in [0.717, 1.165) is 0 Å². The fraction of sp³-hybridized carbons (Fsp3) is 0.417. The largest absolute Gasteiger partial charge is 0.493 e. The van der Waals surface area contributed by atoms with Crippen LogP contribution in [0, 0.1) is 11.3 Å². The monoisotopic (exact) mass is 284 g/mol. The number of unbranched alkanes of at least 4 members (excludes halogenated alkanes) is 1. The maximum absolute atomic E-state index is 10.7. The Morgan fingerprint density at radius 2 is 2.05 bits per heavy atom. The van der Waals surface area contributed by atoms with Crippen LogP contribution in [0.4, 0.5) is 0 Å². The molecule has 0 aromatic heterocycles. The van der Waals surface area contributed by atoms with Gasteiger partial charge in [-0.15, -0.1) is 0 Å². The van der Waals surface area contributed by atoms with Crippen LogP contribution in [0.25, 0.3) is 0 Å². The van der Waals surface area contributed by atoms with Gasteiger partial charge >= 0.3 is 0 Å². The molecule has 0 aliphatic carbocycles. The summed E-state index contributed by atoms with van der Waals surface area (Å²) in [5.74, 6) is 0.948. The Balaban J connectivity index is 2.48. The molecule has 104 valence electrons. The quantitative estimate of drug-likeness (QED) is 0.753. The molecule has 0 amide bonds. The second-order valence-electron chi connectivity index (χ2n) is 3.90. The Morgan fingerprint density at radius 1 is 1.32 bits per heavy atom. The van der Waals surface area contributed by atoms with Gasteiger partial charge in [0.1, 0.15) is 0 Å². The van der Waals surface area contributed by atoms with Crippen LogP contribution in [0.3, 0.4) is 0 Å². The van der Waals surface area contributed by atoms with Crippen molar-refractivity contribution in [1.29, 1.82) is 5.26 Å². The maximum atomic E-state index is 10.7. The van der Waals surface area contributed by atoms with Crippen molar-refractivity contribution in [2.75, 3.05) is 19.5 Å². The predicted octanol–water partition coefficient (Wildman–Crippen LogP) is 1.01. The van der Waals surface area contributed by atoms with Crippen molar-refractivity contribution in [2.45, 2.75) is 12.8 Å². The van der Waals surface area contributed by atoms with E-state index in [9.17, 15) is 8.42 Å². The van der Waals surface area contributed by atoms with Crippen LogP contribution in [0.15, 0.2) is 18.2 Å². The Bertz CT molecular complexity index is 564. The number of ether oxygens (including phenoxy) is 2. The van der Waals surface area contributed by atoms with Crippen LogP contribution in [0.1, 0.15) is 18.4 Å². The van der Waals surface area contributed by atoms with E-state index in [-0.39, 0.29) is 5.75 Å². The fourth-order valence-corrected chi connectivity index (χ4v) is 2.05. The zero-order chi connectivity index (χ0) is 14.3. The first-order valence-corrected chi connectivity index (χ1v) is 7.39. The fourth-order valence-electron chi connectivity index (χ4n) is 1.44. The number of sulfonamides is 1. The van der Waals surface area contributed by atoms with Crippen molar-refractivity contribution in [2.24, 2.45) is 5.14 Å². The Labute approximate surface area is 112 Å². The standard InChI is InChI=1S/C12H16N2O4S/c1-17-12-8-10(9-13)4-5-11(12)18-6-2-3-7-19(14,15)16/h4-5,8H,2-3,6-7H2,1H3,(H2,14,15,16). The SMILES string of the molecule is COc1cc(C#N)ccc1OCCCCS(N)(=O)=O. The van der Waals surface area contributed by atoms with Crippen LogP contribution in [0.5, 0.6) is 11.5 Å². The van der Waals surface area contributed by atoms with E-state index in [2.05, 4.69) is 0 Å². The molecule has 19 heavy (non-hydrogen) atoms. The van der Waals surface area contributed by atoms with E-state index in [4.69, 9.17) is 19.9 Å². The highest BCUT2D eigenvalue weighted by atomic mass is 32.2. The zero-order valence-electron chi connectivity index (χ0n) is 10.6. The number of hydrogen-bond donors (Lipinski definition) is 1. The van der Waals surface area contributed by atoms with E-state index in [1.165, 1.54) is 7.11 Å². The Kier molecular flexibility index (Phi) is 5.60. The van der Waals surface area contributed by atoms with E-state index in [1.54, 1.807) is 18.2 Å². The molecule has 6 nitrogen and oxygen atoms in total. The van der Waals surface area contributed by atoms with Gasteiger partial charge in [0.25, 0.3) is 0 Å². The number of nitrogens with zero attached hydrogens (tertiary/aromatic N) is 1. The molecule has 0 aliphatic rings. The molecule has 0 spiro atoms. The van der Waals surface area contributed by atoms with Crippen molar-refractivity contribution < 1.29 is 17.9 Å². The number of hydrogen-bond acceptors (Lipinski definition) is 5. The Morgan fingerprint density at radius 3 is 2.63 bits per heavy atom. The van der Waals surface area contributed by atoms with Crippen molar-refractivity contribution >= 4 is 10.0 Å². The lowest BCUT2D eigenvalue weighted by atomic mass is 10.2. The number of nitriles is 1. The summed E-state index contributed by atoms with van der Waals surface area (Å²) in [7, 11) is -1.92. The lowest BCUT2D eigenvalue weighted by Crippen LogP contribution is -2.16. The van der Waals surface area contributed by atoms with Crippen LogP contribution < -0.4 is 14.6 Å². The third kappa shape index (κ3) is 5.59. The van der Waals surface area contributed by atoms with Gasteiger partial charge in [0.15, 0.2) is 11.5 Å². The van der Waals surface area contributed by atoms with Gasteiger partial charge in [0.05, 0.1) is 31.1 Å². The lowest BCUT2D eigenvalue weighted by molar-refractivity contribution is 0.288. The second-order valence-corrected chi connectivity index (χ2v) is 5.63. The summed E-state index contributed by atoms with van der Waals surface area (Å²) in [6, 6.07) is 6.87. The van der Waals surface area contributed by atoms with Gasteiger partial charge in [-0.25, -0.2) is 13.6 Å². The van der Waals surface area contributed by atoms with Gasteiger partial charge in [-0.1, -0.05) is 0 Å². The van der Waals surface area contributed by atoms with E-state index in [0.29, 0.717) is 36.5 Å². The summed E-state index contributed by atoms with van der Waals surface area (Å²) in [5, 5.41) is 13.6. The van der Waals surface area contributed by atoms with Crippen LogP contribution in [-0.2, 0) is 10.0 Å². The van der Waals surface area contributed by atoms with Crippen LogP contribution in [0.2, 0.25) is 0 Å². The third-order valence-electron chi connectivity index (χ3n) is 2.37. The van der Waals surface area contributed by atoms with Gasteiger partial charge in [0.2, 0.25) is 10.0 Å². The molecule has 0 radical (unpaired) electrons. The van der Waals surface area contributed by atoms with E-state index < -0.39 is 10.0 Å². The first-order valence-electron chi connectivity index (χ1n) is 5.67.